The molecule has 3 rings (SSSR count). The number of nitrogens with one attached hydrogen (secondary N) is 2. The second-order valence-electron chi connectivity index (χ2n) is 5.19. The highest BCUT2D eigenvalue weighted by atomic mass is 19.1. The number of aryl methyl sites for hydroxylation is 1. The van der Waals surface area contributed by atoms with Crippen molar-refractivity contribution in [1.82, 2.24) is 10.2 Å². The first-order chi connectivity index (χ1) is 11.2. The Kier molecular flexibility index (Phi) is 4.47. The van der Waals surface area contributed by atoms with Crippen LogP contribution in [-0.4, -0.2) is 16.1 Å². The van der Waals surface area contributed by atoms with Crippen molar-refractivity contribution in [2.45, 2.75) is 12.8 Å². The van der Waals surface area contributed by atoms with Crippen LogP contribution in [0.3, 0.4) is 0 Å². The number of H-pyrrole nitrogens is 1. The van der Waals surface area contributed by atoms with E-state index in [9.17, 15) is 9.18 Å². The molecule has 0 saturated heterocycles. The van der Waals surface area contributed by atoms with E-state index in [2.05, 4.69) is 15.5 Å². The van der Waals surface area contributed by atoms with Gasteiger partial charge < -0.3 is 5.32 Å². The van der Waals surface area contributed by atoms with Crippen LogP contribution >= 0.6 is 0 Å². The van der Waals surface area contributed by atoms with Crippen molar-refractivity contribution in [3.8, 4) is 11.3 Å². The normalized spacial score (nSPS) is 10.5. The van der Waals surface area contributed by atoms with E-state index in [0.29, 0.717) is 17.7 Å². The average molecular weight is 309 g/mol. The zero-order chi connectivity index (χ0) is 16.1. The van der Waals surface area contributed by atoms with Crippen molar-refractivity contribution in [1.29, 1.82) is 0 Å². The molecule has 0 aliphatic carbocycles. The first-order valence-electron chi connectivity index (χ1n) is 7.35. The number of nitrogens with zero attached hydrogens (tertiary/aromatic N) is 1. The monoisotopic (exact) mass is 309 g/mol. The maximum atomic E-state index is 13.5. The number of anilines is 1. The molecule has 2 aromatic carbocycles. The molecular weight excluding hydrogens is 293 g/mol. The van der Waals surface area contributed by atoms with Gasteiger partial charge in [0.15, 0.2) is 0 Å². The molecule has 3 aromatic rings. The van der Waals surface area contributed by atoms with Gasteiger partial charge in [-0.25, -0.2) is 4.39 Å². The average Bonchev–Trinajstić information content (AvgIpc) is 3.09. The number of aromatic amines is 1. The van der Waals surface area contributed by atoms with E-state index in [-0.39, 0.29) is 18.1 Å². The third-order valence-electron chi connectivity index (χ3n) is 3.54. The number of carbonyl (C=O) groups excluding carboxylic acids is 1. The lowest BCUT2D eigenvalue weighted by atomic mass is 10.1. The Hall–Kier alpha value is -2.95. The van der Waals surface area contributed by atoms with Crippen LogP contribution in [0.2, 0.25) is 0 Å². The molecule has 0 spiro atoms. The SMILES string of the molecule is O=C(CCc1ccccc1F)Nc1cccc(-c2ccn[nH]2)c1. The Morgan fingerprint density at radius 1 is 1.13 bits per heavy atom. The number of carbonyl (C=O) groups is 1. The first kappa shape index (κ1) is 15.0. The lowest BCUT2D eigenvalue weighted by Crippen LogP contribution is -2.12. The number of hydrogen-bond donors (Lipinski definition) is 2. The summed E-state index contributed by atoms with van der Waals surface area (Å²) in [5, 5.41) is 9.63. The molecule has 1 heterocycles. The standard InChI is InChI=1S/C18H16FN3O/c19-16-7-2-1-4-13(16)8-9-18(23)21-15-6-3-5-14(12-15)17-10-11-20-22-17/h1-7,10-12H,8-9H2,(H,20,22)(H,21,23). The van der Waals surface area contributed by atoms with Crippen LogP contribution in [0.1, 0.15) is 12.0 Å². The Balaban J connectivity index is 1.62. The van der Waals surface area contributed by atoms with E-state index in [1.165, 1.54) is 6.07 Å². The molecule has 5 heteroatoms. The van der Waals surface area contributed by atoms with Gasteiger partial charge in [0, 0.05) is 23.9 Å². The number of hydrogen-bond acceptors (Lipinski definition) is 2. The molecule has 23 heavy (non-hydrogen) atoms. The summed E-state index contributed by atoms with van der Waals surface area (Å²) in [5.74, 6) is -0.420. The van der Waals surface area contributed by atoms with Crippen LogP contribution in [-0.2, 0) is 11.2 Å². The second kappa shape index (κ2) is 6.87. The maximum Gasteiger partial charge on any atom is 0.224 e. The van der Waals surface area contributed by atoms with Crippen LogP contribution in [0, 0.1) is 5.82 Å². The smallest absolute Gasteiger partial charge is 0.224 e. The van der Waals surface area contributed by atoms with Crippen LogP contribution in [0.5, 0.6) is 0 Å². The molecule has 1 amide bonds. The molecule has 0 bridgehead atoms. The van der Waals surface area contributed by atoms with Gasteiger partial charge in [-0.1, -0.05) is 30.3 Å². The second-order valence-corrected chi connectivity index (χ2v) is 5.19. The largest absolute Gasteiger partial charge is 0.326 e. The Bertz CT molecular complexity index is 800. The molecule has 0 radical (unpaired) electrons. The van der Waals surface area contributed by atoms with Gasteiger partial charge in [0.2, 0.25) is 5.91 Å². The lowest BCUT2D eigenvalue weighted by Gasteiger charge is -2.07. The fraction of sp³-hybridized carbons (Fsp3) is 0.111. The zero-order valence-electron chi connectivity index (χ0n) is 12.4. The molecule has 0 fully saturated rings. The number of rotatable bonds is 5. The number of amides is 1. The quantitative estimate of drug-likeness (QED) is 0.753. The Morgan fingerprint density at radius 2 is 2.00 bits per heavy atom. The summed E-state index contributed by atoms with van der Waals surface area (Å²) in [4.78, 5) is 12.0. The summed E-state index contributed by atoms with van der Waals surface area (Å²) < 4.78 is 13.5. The molecule has 116 valence electrons. The van der Waals surface area contributed by atoms with Gasteiger partial charge in [-0.3, -0.25) is 9.89 Å². The summed E-state index contributed by atoms with van der Waals surface area (Å²) >= 11 is 0. The summed E-state index contributed by atoms with van der Waals surface area (Å²) in [6.45, 7) is 0. The Labute approximate surface area is 133 Å². The number of aromatic nitrogens is 2. The molecule has 0 aliphatic rings. The van der Waals surface area contributed by atoms with E-state index in [0.717, 1.165) is 11.3 Å². The fourth-order valence-corrected chi connectivity index (χ4v) is 2.35. The summed E-state index contributed by atoms with van der Waals surface area (Å²) in [5.41, 5.74) is 3.08. The number of halogens is 1. The van der Waals surface area contributed by atoms with E-state index < -0.39 is 0 Å². The van der Waals surface area contributed by atoms with Gasteiger partial charge >= 0.3 is 0 Å². The highest BCUT2D eigenvalue weighted by molar-refractivity contribution is 5.91. The van der Waals surface area contributed by atoms with Gasteiger partial charge in [-0.2, -0.15) is 5.10 Å². The van der Waals surface area contributed by atoms with E-state index in [4.69, 9.17) is 0 Å². The highest BCUT2D eigenvalue weighted by Crippen LogP contribution is 2.20. The molecule has 0 atom stereocenters. The summed E-state index contributed by atoms with van der Waals surface area (Å²) in [6, 6.07) is 15.9. The predicted octanol–water partition coefficient (Wildman–Crippen LogP) is 3.79. The van der Waals surface area contributed by atoms with E-state index >= 15 is 0 Å². The van der Waals surface area contributed by atoms with Gasteiger partial charge in [-0.05, 0) is 36.2 Å². The summed E-state index contributed by atoms with van der Waals surface area (Å²) in [6.07, 6.45) is 2.28. The van der Waals surface area contributed by atoms with Crippen molar-refractivity contribution >= 4 is 11.6 Å². The molecule has 0 unspecified atom stereocenters. The molecular formula is C18H16FN3O. The minimum absolute atomic E-state index is 0.144. The van der Waals surface area contributed by atoms with Gasteiger partial charge in [0.1, 0.15) is 5.82 Å². The third-order valence-corrected chi connectivity index (χ3v) is 3.54. The van der Waals surface area contributed by atoms with Crippen molar-refractivity contribution < 1.29 is 9.18 Å². The number of benzene rings is 2. The minimum atomic E-state index is -0.276. The molecule has 0 aliphatic heterocycles. The van der Waals surface area contributed by atoms with Crippen molar-refractivity contribution in [2.24, 2.45) is 0 Å². The topological polar surface area (TPSA) is 57.8 Å². The van der Waals surface area contributed by atoms with Crippen LogP contribution in [0.25, 0.3) is 11.3 Å². The molecule has 0 saturated carbocycles. The van der Waals surface area contributed by atoms with Crippen molar-refractivity contribution in [3.05, 3.63) is 72.2 Å². The molecule has 1 aromatic heterocycles. The van der Waals surface area contributed by atoms with E-state index in [1.54, 1.807) is 24.4 Å². The summed E-state index contributed by atoms with van der Waals surface area (Å²) in [7, 11) is 0. The van der Waals surface area contributed by atoms with Crippen LogP contribution < -0.4 is 5.32 Å². The first-order valence-corrected chi connectivity index (χ1v) is 7.35. The van der Waals surface area contributed by atoms with E-state index in [1.807, 2.05) is 30.3 Å². The van der Waals surface area contributed by atoms with Gasteiger partial charge in [-0.15, -0.1) is 0 Å². The predicted molar refractivity (Wildman–Crippen MR) is 87.4 cm³/mol. The van der Waals surface area contributed by atoms with Crippen molar-refractivity contribution in [3.63, 3.8) is 0 Å². The van der Waals surface area contributed by atoms with Gasteiger partial charge in [0.25, 0.3) is 0 Å². The zero-order valence-corrected chi connectivity index (χ0v) is 12.4. The lowest BCUT2D eigenvalue weighted by molar-refractivity contribution is -0.116. The third kappa shape index (κ3) is 3.83. The highest BCUT2D eigenvalue weighted by Gasteiger charge is 2.07. The van der Waals surface area contributed by atoms with Crippen LogP contribution in [0.4, 0.5) is 10.1 Å². The maximum absolute atomic E-state index is 13.5. The Morgan fingerprint density at radius 3 is 2.78 bits per heavy atom. The van der Waals surface area contributed by atoms with Crippen LogP contribution in [0.15, 0.2) is 60.8 Å². The fourth-order valence-electron chi connectivity index (χ4n) is 2.35. The minimum Gasteiger partial charge on any atom is -0.326 e. The molecule has 4 nitrogen and oxygen atoms in total. The van der Waals surface area contributed by atoms with Crippen molar-refractivity contribution in [2.75, 3.05) is 5.32 Å². The van der Waals surface area contributed by atoms with Gasteiger partial charge in [0.05, 0.1) is 5.69 Å². The molecule has 2 N–H and O–H groups in total.